The topological polar surface area (TPSA) is 82.3 Å². The van der Waals surface area contributed by atoms with E-state index in [1.54, 1.807) is 0 Å². The van der Waals surface area contributed by atoms with Gasteiger partial charge in [-0.3, -0.25) is 20.4 Å². The van der Waals surface area contributed by atoms with Gasteiger partial charge in [0, 0.05) is 12.0 Å². The predicted octanol–water partition coefficient (Wildman–Crippen LogP) is 2.01. The maximum Gasteiger partial charge on any atom is 0.257 e. The number of thiocarbonyl (C=S) groups is 1. The smallest absolute Gasteiger partial charge is 0.257 e. The first-order valence-electron chi connectivity index (χ1n) is 10.2. The monoisotopic (exact) mass is 400 g/mol. The molecule has 5 rings (SSSR count). The van der Waals surface area contributed by atoms with Gasteiger partial charge in [-0.1, -0.05) is 30.3 Å². The summed E-state index contributed by atoms with van der Waals surface area (Å²) < 4.78 is 0. The van der Waals surface area contributed by atoms with E-state index in [2.05, 4.69) is 21.5 Å². The van der Waals surface area contributed by atoms with Gasteiger partial charge in [0.25, 0.3) is 5.91 Å². The molecule has 0 heterocycles. The van der Waals surface area contributed by atoms with Gasteiger partial charge < -0.3 is 10.6 Å². The summed E-state index contributed by atoms with van der Waals surface area (Å²) in [4.78, 5) is 24.9. The molecule has 4 N–H and O–H groups in total. The van der Waals surface area contributed by atoms with Crippen LogP contribution in [0.2, 0.25) is 0 Å². The molecule has 150 valence electrons. The third-order valence-corrected chi connectivity index (χ3v) is 6.79. The number of hydrogen-bond acceptors (Lipinski definition) is 3. The lowest BCUT2D eigenvalue weighted by Crippen LogP contribution is -2.55. The maximum absolute atomic E-state index is 12.8. The fourth-order valence-corrected chi connectivity index (χ4v) is 5.85. The Morgan fingerprint density at radius 3 is 2.14 bits per heavy atom. The lowest BCUT2D eigenvalue weighted by Gasteiger charge is -2.55. The minimum atomic E-state index is -0.304. The van der Waals surface area contributed by atoms with Gasteiger partial charge in [0.2, 0.25) is 5.91 Å². The maximum atomic E-state index is 12.8. The van der Waals surface area contributed by atoms with Crippen LogP contribution < -0.4 is 21.5 Å². The molecule has 0 aliphatic heterocycles. The number of hydrazine groups is 1. The van der Waals surface area contributed by atoms with Crippen LogP contribution >= 0.6 is 12.2 Å². The summed E-state index contributed by atoms with van der Waals surface area (Å²) in [6.07, 6.45) is 6.88. The Kier molecular flexibility index (Phi) is 5.53. The zero-order chi connectivity index (χ0) is 19.6. The summed E-state index contributed by atoms with van der Waals surface area (Å²) in [5.74, 6) is 1.88. The van der Waals surface area contributed by atoms with Gasteiger partial charge in [0.15, 0.2) is 5.11 Å². The Labute approximate surface area is 171 Å². The van der Waals surface area contributed by atoms with Gasteiger partial charge in [-0.25, -0.2) is 0 Å². The van der Waals surface area contributed by atoms with Crippen LogP contribution in [0.25, 0.3) is 0 Å². The lowest BCUT2D eigenvalue weighted by atomic mass is 9.49. The molecular formula is C21H28N4O2S. The third kappa shape index (κ3) is 4.29. The van der Waals surface area contributed by atoms with Crippen LogP contribution in [0, 0.1) is 23.2 Å². The summed E-state index contributed by atoms with van der Waals surface area (Å²) in [6.45, 7) is 0.542. The van der Waals surface area contributed by atoms with Gasteiger partial charge in [0.05, 0.1) is 6.54 Å². The van der Waals surface area contributed by atoms with Crippen LogP contribution in [0.4, 0.5) is 0 Å². The molecule has 28 heavy (non-hydrogen) atoms. The predicted molar refractivity (Wildman–Crippen MR) is 111 cm³/mol. The lowest BCUT2D eigenvalue weighted by molar-refractivity contribution is -0.147. The molecule has 2 amide bonds. The van der Waals surface area contributed by atoms with E-state index in [-0.39, 0.29) is 23.8 Å². The SMILES string of the molecule is O=C(CNC(=O)C12CC3CC(CC(C3)C1)C2)NNC(=S)NCc1ccccc1. The Balaban J connectivity index is 1.17. The summed E-state index contributed by atoms with van der Waals surface area (Å²) >= 11 is 5.16. The van der Waals surface area contributed by atoms with Crippen molar-refractivity contribution < 1.29 is 9.59 Å². The second-order valence-electron chi connectivity index (χ2n) is 8.72. The molecule has 1 aromatic rings. The van der Waals surface area contributed by atoms with Gasteiger partial charge in [-0.2, -0.15) is 0 Å². The first kappa shape index (κ1) is 19.2. The van der Waals surface area contributed by atoms with Gasteiger partial charge in [0.1, 0.15) is 0 Å². The second kappa shape index (κ2) is 8.07. The van der Waals surface area contributed by atoms with E-state index >= 15 is 0 Å². The van der Waals surface area contributed by atoms with E-state index < -0.39 is 0 Å². The first-order valence-corrected chi connectivity index (χ1v) is 10.6. The van der Waals surface area contributed by atoms with Crippen LogP contribution in [0.5, 0.6) is 0 Å². The fourth-order valence-electron chi connectivity index (χ4n) is 5.73. The Bertz CT molecular complexity index is 717. The average Bonchev–Trinajstić information content (AvgIpc) is 2.68. The molecule has 4 aliphatic carbocycles. The van der Waals surface area contributed by atoms with Crippen molar-refractivity contribution >= 4 is 29.1 Å². The number of carbonyl (C=O) groups excluding carboxylic acids is 2. The van der Waals surface area contributed by atoms with Crippen LogP contribution in [0.15, 0.2) is 30.3 Å². The number of rotatable bonds is 5. The van der Waals surface area contributed by atoms with Crippen molar-refractivity contribution in [3.8, 4) is 0 Å². The van der Waals surface area contributed by atoms with E-state index in [1.165, 1.54) is 19.3 Å². The van der Waals surface area contributed by atoms with Crippen molar-refractivity contribution in [1.29, 1.82) is 0 Å². The van der Waals surface area contributed by atoms with Crippen molar-refractivity contribution in [1.82, 2.24) is 21.5 Å². The highest BCUT2D eigenvalue weighted by atomic mass is 32.1. The fraction of sp³-hybridized carbons (Fsp3) is 0.571. The van der Waals surface area contributed by atoms with E-state index in [1.807, 2.05) is 30.3 Å². The van der Waals surface area contributed by atoms with E-state index in [4.69, 9.17) is 12.2 Å². The quantitative estimate of drug-likeness (QED) is 0.449. The molecule has 0 aromatic heterocycles. The van der Waals surface area contributed by atoms with Crippen LogP contribution in [-0.2, 0) is 16.1 Å². The molecule has 0 saturated heterocycles. The molecular weight excluding hydrogens is 372 g/mol. The molecule has 0 radical (unpaired) electrons. The van der Waals surface area contributed by atoms with Crippen LogP contribution in [0.1, 0.15) is 44.1 Å². The second-order valence-corrected chi connectivity index (χ2v) is 9.13. The molecule has 0 unspecified atom stereocenters. The van der Waals surface area contributed by atoms with Crippen molar-refractivity contribution in [2.24, 2.45) is 23.2 Å². The summed E-state index contributed by atoms with van der Waals surface area (Å²) in [5.41, 5.74) is 6.09. The van der Waals surface area contributed by atoms with Crippen LogP contribution in [-0.4, -0.2) is 23.5 Å². The van der Waals surface area contributed by atoms with Gasteiger partial charge in [-0.05, 0) is 74.1 Å². The van der Waals surface area contributed by atoms with Crippen molar-refractivity contribution in [3.63, 3.8) is 0 Å². The largest absolute Gasteiger partial charge is 0.357 e. The normalized spacial score (nSPS) is 29.8. The third-order valence-electron chi connectivity index (χ3n) is 6.54. The average molecular weight is 401 g/mol. The van der Waals surface area contributed by atoms with E-state index in [0.29, 0.717) is 29.4 Å². The molecule has 4 bridgehead atoms. The molecule has 1 aromatic carbocycles. The number of amides is 2. The summed E-state index contributed by atoms with van der Waals surface area (Å²) in [5, 5.41) is 6.23. The standard InChI is InChI=1S/C21H28N4O2S/c26-18(24-25-20(28)23-12-14-4-2-1-3-5-14)13-22-19(27)21-9-15-6-16(10-21)8-17(7-15)11-21/h1-5,15-17H,6-13H2,(H,22,27)(H,24,26)(H2,23,25,28). The Hall–Kier alpha value is -2.15. The van der Waals surface area contributed by atoms with Crippen molar-refractivity contribution in [2.75, 3.05) is 6.54 Å². The minimum Gasteiger partial charge on any atom is -0.357 e. The highest BCUT2D eigenvalue weighted by Gasteiger charge is 2.54. The highest BCUT2D eigenvalue weighted by Crippen LogP contribution is 2.60. The molecule has 0 atom stereocenters. The zero-order valence-electron chi connectivity index (χ0n) is 16.0. The summed E-state index contributed by atoms with van der Waals surface area (Å²) in [7, 11) is 0. The van der Waals surface area contributed by atoms with Crippen LogP contribution in [0.3, 0.4) is 0 Å². The summed E-state index contributed by atoms with van der Waals surface area (Å²) in [6, 6.07) is 9.86. The van der Waals surface area contributed by atoms with Crippen molar-refractivity contribution in [2.45, 2.75) is 45.1 Å². The molecule has 6 nitrogen and oxygen atoms in total. The number of hydrogen-bond donors (Lipinski definition) is 4. The van der Waals surface area contributed by atoms with Crippen molar-refractivity contribution in [3.05, 3.63) is 35.9 Å². The Morgan fingerprint density at radius 1 is 0.929 bits per heavy atom. The molecule has 4 saturated carbocycles. The zero-order valence-corrected chi connectivity index (χ0v) is 16.8. The molecule has 0 spiro atoms. The Morgan fingerprint density at radius 2 is 1.54 bits per heavy atom. The molecule has 4 fully saturated rings. The highest BCUT2D eigenvalue weighted by molar-refractivity contribution is 7.80. The number of nitrogens with one attached hydrogen (secondary N) is 4. The molecule has 4 aliphatic rings. The molecule has 7 heteroatoms. The number of benzene rings is 1. The number of carbonyl (C=O) groups is 2. The van der Waals surface area contributed by atoms with E-state index in [9.17, 15) is 9.59 Å². The van der Waals surface area contributed by atoms with Gasteiger partial charge in [-0.15, -0.1) is 0 Å². The first-order chi connectivity index (χ1) is 13.5. The minimum absolute atomic E-state index is 0.0329. The van der Waals surface area contributed by atoms with E-state index in [0.717, 1.165) is 24.8 Å². The van der Waals surface area contributed by atoms with Gasteiger partial charge >= 0.3 is 0 Å².